The van der Waals surface area contributed by atoms with Crippen molar-refractivity contribution in [3.05, 3.63) is 109 Å². The summed E-state index contributed by atoms with van der Waals surface area (Å²) in [6.07, 6.45) is 2.28. The number of aryl methyl sites for hydroxylation is 1. The minimum atomic E-state index is -0.789. The molecule has 34 heavy (non-hydrogen) atoms. The Morgan fingerprint density at radius 3 is 1.71 bits per heavy atom. The molecule has 0 aliphatic carbocycles. The first-order valence-electron chi connectivity index (χ1n) is 12.1. The van der Waals surface area contributed by atoms with E-state index in [4.69, 9.17) is 4.98 Å². The molecule has 1 aromatic heterocycles. The van der Waals surface area contributed by atoms with Gasteiger partial charge in [0.1, 0.15) is 5.57 Å². The lowest BCUT2D eigenvalue weighted by Gasteiger charge is -2.20. The number of fused-ring (bicyclic) bond motifs is 6. The molecule has 166 valence electrons. The van der Waals surface area contributed by atoms with E-state index in [0.717, 1.165) is 24.9 Å². The van der Waals surface area contributed by atoms with Crippen molar-refractivity contribution in [2.24, 2.45) is 0 Å². The molecule has 0 aliphatic rings. The molecule has 0 bridgehead atoms. The third-order valence-electron chi connectivity index (χ3n) is 6.57. The summed E-state index contributed by atoms with van der Waals surface area (Å²) in [5, 5.41) is 7.79. The molecule has 0 fully saturated rings. The van der Waals surface area contributed by atoms with Crippen molar-refractivity contribution in [3.8, 4) is 0 Å². The van der Waals surface area contributed by atoms with Crippen molar-refractivity contribution in [3.63, 3.8) is 0 Å². The van der Waals surface area contributed by atoms with Crippen LogP contribution in [0.3, 0.4) is 0 Å². The summed E-state index contributed by atoms with van der Waals surface area (Å²) < 4.78 is 2.54. The van der Waals surface area contributed by atoms with Gasteiger partial charge in [0.25, 0.3) is 0 Å². The molecule has 6 rings (SSSR count). The Morgan fingerprint density at radius 2 is 1.12 bits per heavy atom. The highest BCUT2D eigenvalue weighted by molar-refractivity contribution is 7.79. The molecule has 0 radical (unpaired) electrons. The van der Waals surface area contributed by atoms with Gasteiger partial charge >= 0.3 is 0 Å². The van der Waals surface area contributed by atoms with E-state index in [1.807, 2.05) is 0 Å². The number of aromatic nitrogens is 2. The second kappa shape index (κ2) is 9.05. The summed E-state index contributed by atoms with van der Waals surface area (Å²) in [6.45, 7) is 3.24. The van der Waals surface area contributed by atoms with Crippen molar-refractivity contribution < 1.29 is 0 Å². The number of benzene rings is 5. The lowest BCUT2D eigenvalue weighted by molar-refractivity contribution is 0.659. The van der Waals surface area contributed by atoms with Gasteiger partial charge in [-0.2, -0.15) is 0 Å². The lowest BCUT2D eigenvalue weighted by Crippen LogP contribution is -2.28. The van der Waals surface area contributed by atoms with E-state index in [0.29, 0.717) is 0 Å². The zero-order valence-corrected chi connectivity index (χ0v) is 20.2. The second-order valence-corrected chi connectivity index (χ2v) is 10.8. The summed E-state index contributed by atoms with van der Waals surface area (Å²) in [5.74, 6) is 0. The molecule has 6 aromatic rings. The molecule has 0 aliphatic heterocycles. The summed E-state index contributed by atoms with van der Waals surface area (Å²) in [4.78, 5) is 5.49. The average Bonchev–Trinajstić information content (AvgIpc) is 3.28. The van der Waals surface area contributed by atoms with Crippen molar-refractivity contribution in [1.82, 2.24) is 9.55 Å². The molecule has 5 aromatic carbocycles. The summed E-state index contributed by atoms with van der Waals surface area (Å²) in [6, 6.07) is 39.4. The number of nitrogens with zero attached hydrogens (tertiary/aromatic N) is 2. The van der Waals surface area contributed by atoms with E-state index in [2.05, 4.69) is 121 Å². The smallest absolute Gasteiger partial charge is 0.141 e. The van der Waals surface area contributed by atoms with Crippen LogP contribution < -0.4 is 16.2 Å². The highest BCUT2D eigenvalue weighted by atomic mass is 31.1. The van der Waals surface area contributed by atoms with Gasteiger partial charge < -0.3 is 4.57 Å². The molecule has 2 nitrogen and oxygen atoms in total. The highest BCUT2D eigenvalue weighted by Gasteiger charge is 2.25. The van der Waals surface area contributed by atoms with E-state index < -0.39 is 7.92 Å². The fourth-order valence-electron chi connectivity index (χ4n) is 4.98. The Hall–Kier alpha value is -3.48. The predicted octanol–water partition coefficient (Wildman–Crippen LogP) is 6.90. The summed E-state index contributed by atoms with van der Waals surface area (Å²) in [5.41, 5.74) is 3.59. The second-order valence-electron chi connectivity index (χ2n) is 8.71. The van der Waals surface area contributed by atoms with E-state index in [-0.39, 0.29) is 0 Å². The Balaban J connectivity index is 1.75. The van der Waals surface area contributed by atoms with Crippen LogP contribution in [0, 0.1) is 0 Å². The zero-order valence-electron chi connectivity index (χ0n) is 19.4. The molecule has 1 heterocycles. The quantitative estimate of drug-likeness (QED) is 0.196. The van der Waals surface area contributed by atoms with Gasteiger partial charge in [0.2, 0.25) is 0 Å². The van der Waals surface area contributed by atoms with Crippen LogP contribution in [0.4, 0.5) is 0 Å². The third-order valence-corrected chi connectivity index (χ3v) is 8.94. The van der Waals surface area contributed by atoms with Crippen molar-refractivity contribution in [2.45, 2.75) is 26.3 Å². The number of rotatable bonds is 6. The van der Waals surface area contributed by atoms with Gasteiger partial charge in [-0.3, -0.25) is 0 Å². The molecular weight excluding hydrogens is 431 g/mol. The Labute approximate surface area is 201 Å². The Morgan fingerprint density at radius 1 is 0.618 bits per heavy atom. The molecule has 0 amide bonds. The van der Waals surface area contributed by atoms with Crippen LogP contribution in [0.15, 0.2) is 109 Å². The molecule has 3 heteroatoms. The first-order chi connectivity index (χ1) is 16.9. The molecule has 0 unspecified atom stereocenters. The standard InChI is InChI=1S/C31H27N2P/c1-2-3-22-33-30-28-21-13-11-19-26(28)25-18-10-12-20-27(25)29(30)32-31(33)34(23-14-6-4-7-15-23)24-16-8-5-9-17-24/h4-21H,2-3,22H2,1H3. The normalized spacial score (nSPS) is 11.7. The Bertz CT molecular complexity index is 1550. The largest absolute Gasteiger partial charge is 0.323 e. The van der Waals surface area contributed by atoms with Crippen LogP contribution in [-0.4, -0.2) is 9.55 Å². The van der Waals surface area contributed by atoms with Crippen molar-refractivity contribution in [2.75, 3.05) is 0 Å². The van der Waals surface area contributed by atoms with E-state index in [9.17, 15) is 0 Å². The fourth-order valence-corrected chi connectivity index (χ4v) is 7.33. The summed E-state index contributed by atoms with van der Waals surface area (Å²) in [7, 11) is -0.789. The van der Waals surface area contributed by atoms with E-state index in [1.165, 1.54) is 43.2 Å². The van der Waals surface area contributed by atoms with Gasteiger partial charge in [-0.25, -0.2) is 4.98 Å². The van der Waals surface area contributed by atoms with Gasteiger partial charge in [0.15, 0.2) is 0 Å². The first kappa shape index (κ1) is 21.1. The van der Waals surface area contributed by atoms with Crippen molar-refractivity contribution >= 4 is 56.7 Å². The first-order valence-corrected chi connectivity index (χ1v) is 13.4. The topological polar surface area (TPSA) is 17.8 Å². The lowest BCUT2D eigenvalue weighted by atomic mass is 10.00. The van der Waals surface area contributed by atoms with Crippen LogP contribution in [0.2, 0.25) is 0 Å². The predicted molar refractivity (Wildman–Crippen MR) is 148 cm³/mol. The summed E-state index contributed by atoms with van der Waals surface area (Å²) >= 11 is 0. The number of unbranched alkanes of at least 4 members (excludes halogenated alkanes) is 1. The average molecular weight is 459 g/mol. The number of hydrogen-bond donors (Lipinski definition) is 0. The molecule has 0 N–H and O–H groups in total. The van der Waals surface area contributed by atoms with E-state index >= 15 is 0 Å². The van der Waals surface area contributed by atoms with Crippen LogP contribution >= 0.6 is 7.92 Å². The van der Waals surface area contributed by atoms with Crippen LogP contribution in [0.25, 0.3) is 32.6 Å². The van der Waals surface area contributed by atoms with Crippen LogP contribution in [0.1, 0.15) is 19.8 Å². The van der Waals surface area contributed by atoms with Crippen LogP contribution in [-0.2, 0) is 6.54 Å². The molecule has 0 spiro atoms. The minimum Gasteiger partial charge on any atom is -0.323 e. The third kappa shape index (κ3) is 3.50. The molecule has 0 saturated heterocycles. The fraction of sp³-hybridized carbons (Fsp3) is 0.129. The molecule has 0 saturated carbocycles. The maximum atomic E-state index is 5.49. The number of imidazole rings is 1. The van der Waals surface area contributed by atoms with E-state index in [1.54, 1.807) is 0 Å². The van der Waals surface area contributed by atoms with Crippen molar-refractivity contribution in [1.29, 1.82) is 0 Å². The van der Waals surface area contributed by atoms with Gasteiger partial charge in [-0.1, -0.05) is 123 Å². The van der Waals surface area contributed by atoms with Gasteiger partial charge in [0.05, 0.1) is 11.0 Å². The molecular formula is C31H27N2P. The highest BCUT2D eigenvalue weighted by Crippen LogP contribution is 2.39. The SMILES string of the molecule is CCCCn1c(P(c2ccccc2)c2ccccc2)nc2c3ccccc3c3ccccc3c21. The Kier molecular flexibility index (Phi) is 5.61. The minimum absolute atomic E-state index is 0.789. The monoisotopic (exact) mass is 458 g/mol. The maximum absolute atomic E-state index is 5.49. The van der Waals surface area contributed by atoms with Gasteiger partial charge in [-0.15, -0.1) is 0 Å². The zero-order chi connectivity index (χ0) is 22.9. The van der Waals surface area contributed by atoms with Gasteiger partial charge in [-0.05, 0) is 27.8 Å². The number of hydrogen-bond acceptors (Lipinski definition) is 1. The molecule has 0 atom stereocenters. The van der Waals surface area contributed by atoms with Crippen LogP contribution in [0.5, 0.6) is 0 Å². The maximum Gasteiger partial charge on any atom is 0.141 e. The van der Waals surface area contributed by atoms with Gasteiger partial charge in [0, 0.05) is 25.2 Å².